The number of aromatic nitrogens is 5. The minimum Gasteiger partial charge on any atom is -0.495 e. The van der Waals surface area contributed by atoms with E-state index in [2.05, 4.69) is 25.3 Å². The third-order valence-electron chi connectivity index (χ3n) is 5.94. The van der Waals surface area contributed by atoms with Gasteiger partial charge in [0, 0.05) is 33.6 Å². The van der Waals surface area contributed by atoms with Crippen LogP contribution in [0.15, 0.2) is 73.6 Å². The van der Waals surface area contributed by atoms with Gasteiger partial charge in [0.1, 0.15) is 11.3 Å². The summed E-state index contributed by atoms with van der Waals surface area (Å²) in [6.07, 6.45) is 8.58. The summed E-state index contributed by atoms with van der Waals surface area (Å²) in [5.74, 6) is 0.300. The molecule has 0 radical (unpaired) electrons. The molecule has 1 amide bonds. The number of carbonyl (C=O) groups excluding carboxylic acids is 1. The molecule has 0 aliphatic carbocycles. The number of rotatable bonds is 5. The topological polar surface area (TPSA) is 94.3 Å². The predicted octanol–water partition coefficient (Wildman–Crippen LogP) is 6.29. The molecule has 0 spiro atoms. The molecule has 0 aliphatic heterocycles. The summed E-state index contributed by atoms with van der Waals surface area (Å²) in [6.45, 7) is 1.88. The molecule has 6 aromatic rings. The molecule has 0 bridgehead atoms. The minimum absolute atomic E-state index is 0.317. The maximum absolute atomic E-state index is 13.5. The van der Waals surface area contributed by atoms with E-state index in [0.29, 0.717) is 32.5 Å². The van der Waals surface area contributed by atoms with Crippen LogP contribution in [0.4, 0.5) is 5.13 Å². The van der Waals surface area contributed by atoms with E-state index in [-0.39, 0.29) is 5.91 Å². The van der Waals surface area contributed by atoms with Crippen molar-refractivity contribution in [1.82, 2.24) is 24.3 Å². The van der Waals surface area contributed by atoms with Crippen molar-refractivity contribution in [2.24, 2.45) is 0 Å². The maximum atomic E-state index is 13.5. The van der Waals surface area contributed by atoms with E-state index in [1.165, 1.54) is 11.3 Å². The van der Waals surface area contributed by atoms with Crippen molar-refractivity contribution < 1.29 is 9.53 Å². The average Bonchev–Trinajstić information content (AvgIpc) is 3.53. The van der Waals surface area contributed by atoms with Crippen LogP contribution >= 0.6 is 22.9 Å². The lowest BCUT2D eigenvalue weighted by Gasteiger charge is -2.14. The third kappa shape index (κ3) is 4.39. The molecule has 5 heterocycles. The van der Waals surface area contributed by atoms with Gasteiger partial charge in [0.25, 0.3) is 5.91 Å². The summed E-state index contributed by atoms with van der Waals surface area (Å²) in [5, 5.41) is 4.08. The maximum Gasteiger partial charge on any atom is 0.259 e. The zero-order chi connectivity index (χ0) is 25.5. The van der Waals surface area contributed by atoms with Crippen molar-refractivity contribution in [2.45, 2.75) is 6.92 Å². The van der Waals surface area contributed by atoms with Gasteiger partial charge in [-0.15, -0.1) is 0 Å². The average molecular weight is 527 g/mol. The van der Waals surface area contributed by atoms with E-state index >= 15 is 0 Å². The number of methoxy groups -OCH3 is 1. The number of fused-ring (bicyclic) bond motifs is 2. The van der Waals surface area contributed by atoms with Gasteiger partial charge in [-0.05, 0) is 37.3 Å². The summed E-state index contributed by atoms with van der Waals surface area (Å²) < 4.78 is 8.41. The van der Waals surface area contributed by atoms with Crippen LogP contribution in [0.2, 0.25) is 5.02 Å². The van der Waals surface area contributed by atoms with Gasteiger partial charge in [-0.25, -0.2) is 9.97 Å². The molecule has 0 atom stereocenters. The molecule has 0 saturated heterocycles. The first-order chi connectivity index (χ1) is 18.0. The highest BCUT2D eigenvalue weighted by Crippen LogP contribution is 2.35. The van der Waals surface area contributed by atoms with Crippen molar-refractivity contribution in [3.8, 4) is 28.1 Å². The number of thiazole rings is 1. The largest absolute Gasteiger partial charge is 0.495 e. The van der Waals surface area contributed by atoms with Gasteiger partial charge >= 0.3 is 0 Å². The highest BCUT2D eigenvalue weighted by molar-refractivity contribution is 7.22. The van der Waals surface area contributed by atoms with E-state index in [4.69, 9.17) is 16.3 Å². The number of hydrogen-bond donors (Lipinski definition) is 1. The Balaban J connectivity index is 1.35. The van der Waals surface area contributed by atoms with Crippen molar-refractivity contribution >= 4 is 49.7 Å². The lowest BCUT2D eigenvalue weighted by molar-refractivity contribution is 0.102. The molecule has 0 fully saturated rings. The van der Waals surface area contributed by atoms with Crippen molar-refractivity contribution in [3.63, 3.8) is 0 Å². The number of anilines is 1. The summed E-state index contributed by atoms with van der Waals surface area (Å²) in [7, 11) is 1.60. The number of imidazole rings is 1. The number of amides is 1. The number of carbonyl (C=O) groups is 1. The van der Waals surface area contributed by atoms with E-state index in [1.807, 2.05) is 60.0 Å². The summed E-state index contributed by atoms with van der Waals surface area (Å²) in [5.41, 5.74) is 6.00. The highest BCUT2D eigenvalue weighted by atomic mass is 35.5. The second kappa shape index (κ2) is 9.27. The molecule has 0 saturated carbocycles. The number of benzene rings is 1. The molecule has 37 heavy (non-hydrogen) atoms. The zero-order valence-corrected chi connectivity index (χ0v) is 21.3. The molecule has 6 rings (SSSR count). The van der Waals surface area contributed by atoms with E-state index in [1.54, 1.807) is 32.0 Å². The number of hydrogen-bond acceptors (Lipinski definition) is 7. The Morgan fingerprint density at radius 1 is 1.05 bits per heavy atom. The van der Waals surface area contributed by atoms with Crippen LogP contribution in [0.5, 0.6) is 5.75 Å². The predicted molar refractivity (Wildman–Crippen MR) is 146 cm³/mol. The van der Waals surface area contributed by atoms with Gasteiger partial charge in [-0.1, -0.05) is 35.1 Å². The Bertz CT molecular complexity index is 1790. The first kappa shape index (κ1) is 23.1. The second-order valence-electron chi connectivity index (χ2n) is 8.37. The number of halogens is 1. The van der Waals surface area contributed by atoms with Crippen molar-refractivity contribution in [2.75, 3.05) is 12.4 Å². The van der Waals surface area contributed by atoms with Gasteiger partial charge in [-0.2, -0.15) is 0 Å². The lowest BCUT2D eigenvalue weighted by atomic mass is 10.00. The van der Waals surface area contributed by atoms with E-state index < -0.39 is 0 Å². The summed E-state index contributed by atoms with van der Waals surface area (Å²) in [4.78, 5) is 31.1. The first-order valence-corrected chi connectivity index (χ1v) is 12.5. The van der Waals surface area contributed by atoms with Crippen LogP contribution in [0, 0.1) is 6.92 Å². The molecule has 10 heteroatoms. The van der Waals surface area contributed by atoms with Crippen molar-refractivity contribution in [3.05, 3.63) is 89.9 Å². The normalized spacial score (nSPS) is 11.2. The molecule has 0 aliphatic rings. The van der Waals surface area contributed by atoms with Gasteiger partial charge in [0.05, 0.1) is 53.5 Å². The highest BCUT2D eigenvalue weighted by Gasteiger charge is 2.19. The number of ether oxygens (including phenoxy) is 1. The molecule has 8 nitrogen and oxygen atoms in total. The van der Waals surface area contributed by atoms with Gasteiger partial charge in [-0.3, -0.25) is 20.1 Å². The van der Waals surface area contributed by atoms with Crippen LogP contribution in [-0.2, 0) is 0 Å². The summed E-state index contributed by atoms with van der Waals surface area (Å²) >= 11 is 7.39. The fraction of sp³-hybridized carbons (Fsp3) is 0.0741. The Labute approximate surface area is 220 Å². The molecular weight excluding hydrogens is 508 g/mol. The smallest absolute Gasteiger partial charge is 0.259 e. The van der Waals surface area contributed by atoms with Crippen molar-refractivity contribution in [1.29, 1.82) is 0 Å². The van der Waals surface area contributed by atoms with Gasteiger partial charge in [0.2, 0.25) is 0 Å². The Morgan fingerprint density at radius 2 is 1.89 bits per heavy atom. The SMILES string of the molecule is COc1cn2cncc2cc1-c1cc(C)ncc1C(=O)Nc1nc2cnc(-c3ccc(Cl)cc3)cc2s1. The van der Waals surface area contributed by atoms with Crippen LogP contribution in [0.3, 0.4) is 0 Å². The zero-order valence-electron chi connectivity index (χ0n) is 19.8. The number of nitrogens with one attached hydrogen (secondary N) is 1. The fourth-order valence-corrected chi connectivity index (χ4v) is 5.11. The molecule has 0 unspecified atom stereocenters. The Hall–Kier alpha value is -4.34. The lowest BCUT2D eigenvalue weighted by Crippen LogP contribution is -2.14. The van der Waals surface area contributed by atoms with E-state index in [9.17, 15) is 4.79 Å². The van der Waals surface area contributed by atoms with E-state index in [0.717, 1.165) is 32.7 Å². The number of nitrogens with zero attached hydrogens (tertiary/aromatic N) is 5. The van der Waals surface area contributed by atoms with Gasteiger partial charge in [0.15, 0.2) is 5.13 Å². The van der Waals surface area contributed by atoms with Crippen LogP contribution < -0.4 is 10.1 Å². The first-order valence-electron chi connectivity index (χ1n) is 11.3. The monoisotopic (exact) mass is 526 g/mol. The second-order valence-corrected chi connectivity index (χ2v) is 9.84. The molecule has 1 N–H and O–H groups in total. The molecular formula is C27H19ClN6O2S. The molecule has 5 aromatic heterocycles. The molecule has 182 valence electrons. The fourth-order valence-electron chi connectivity index (χ4n) is 4.11. The quantitative estimate of drug-likeness (QED) is 0.283. The van der Waals surface area contributed by atoms with Crippen LogP contribution in [0.1, 0.15) is 16.1 Å². The van der Waals surface area contributed by atoms with Crippen LogP contribution in [-0.4, -0.2) is 37.4 Å². The van der Waals surface area contributed by atoms with Gasteiger partial charge < -0.3 is 9.14 Å². The Morgan fingerprint density at radius 3 is 2.70 bits per heavy atom. The summed E-state index contributed by atoms with van der Waals surface area (Å²) in [6, 6.07) is 13.3. The van der Waals surface area contributed by atoms with Crippen LogP contribution in [0.25, 0.3) is 38.1 Å². The molecule has 1 aromatic carbocycles. The third-order valence-corrected chi connectivity index (χ3v) is 7.13. The minimum atomic E-state index is -0.317. The Kier molecular flexibility index (Phi) is 5.78. The number of aryl methyl sites for hydroxylation is 1. The number of pyridine rings is 3. The standard InChI is InChI=1S/C27H19ClN6O2S/c1-15-7-19(20-8-18-10-29-14-34(18)13-24(20)36-2)21(11-30-15)26(35)33-27-32-23-12-31-22(9-25(23)37-27)16-3-5-17(28)6-4-16/h3-14H,1-2H3,(H,32,33,35).